The Morgan fingerprint density at radius 3 is 2.58 bits per heavy atom. The molecule has 11 nitrogen and oxygen atoms in total. The maximum Gasteiger partial charge on any atom is 0.320 e. The Labute approximate surface area is 252 Å². The quantitative estimate of drug-likeness (QED) is 0.364. The number of urea groups is 1. The van der Waals surface area contributed by atoms with Gasteiger partial charge >= 0.3 is 6.03 Å². The van der Waals surface area contributed by atoms with Crippen LogP contribution in [0.5, 0.6) is 0 Å². The number of benzene rings is 1. The third-order valence-corrected chi connectivity index (χ3v) is 9.97. The molecule has 0 atom stereocenters. The van der Waals surface area contributed by atoms with Crippen LogP contribution in [0.2, 0.25) is 0 Å². The number of aromatic nitrogens is 4. The molecule has 0 radical (unpaired) electrons. The minimum atomic E-state index is -0.381. The first-order valence-corrected chi connectivity index (χ1v) is 15.3. The lowest BCUT2D eigenvalue weighted by Gasteiger charge is -2.55. The lowest BCUT2D eigenvalue weighted by molar-refractivity contribution is -0.0311. The summed E-state index contributed by atoms with van der Waals surface area (Å²) >= 11 is 1.29. The molecule has 0 bridgehead atoms. The highest BCUT2D eigenvalue weighted by atomic mass is 32.1. The normalized spacial score (nSPS) is 18.1. The van der Waals surface area contributed by atoms with Gasteiger partial charge in [-0.1, -0.05) is 11.3 Å². The van der Waals surface area contributed by atoms with Crippen molar-refractivity contribution < 1.29 is 14.3 Å². The molecule has 13 heteroatoms. The third-order valence-electron chi connectivity index (χ3n) is 8.94. The van der Waals surface area contributed by atoms with E-state index in [1.165, 1.54) is 23.5 Å². The average Bonchev–Trinajstić information content (AvgIpc) is 3.59. The van der Waals surface area contributed by atoms with Crippen LogP contribution in [0.4, 0.5) is 25.8 Å². The summed E-state index contributed by atoms with van der Waals surface area (Å²) in [4.78, 5) is 30.5. The first kappa shape index (κ1) is 27.5. The standard InChI is InChI=1S/C30H32FN9O2S/c1-3-40-27(36(2)28-34-25(24(13-32)43-28)19-4-6-20(31)7-5-19)23-12-21(14-33-26(23)35-40)37-10-8-30(9-11-37)17-39(18-30)29(42)38-15-22(41)16-38/h4-7,12,14,22,41H,3,8-11,15-18H2,1-2H3. The van der Waals surface area contributed by atoms with Gasteiger partial charge in [-0.15, -0.1) is 0 Å². The van der Waals surface area contributed by atoms with Gasteiger partial charge in [-0.3, -0.25) is 0 Å². The number of amides is 2. The number of halogens is 1. The minimum Gasteiger partial charge on any atom is -0.389 e. The van der Waals surface area contributed by atoms with Crippen LogP contribution in [0.15, 0.2) is 36.5 Å². The minimum absolute atomic E-state index is 0.0458. The summed E-state index contributed by atoms with van der Waals surface area (Å²) in [5.41, 5.74) is 3.05. The van der Waals surface area contributed by atoms with Gasteiger partial charge in [-0.2, -0.15) is 10.4 Å². The molecule has 222 valence electrons. The fourth-order valence-corrected chi connectivity index (χ4v) is 7.28. The van der Waals surface area contributed by atoms with Gasteiger partial charge in [-0.25, -0.2) is 23.8 Å². The van der Waals surface area contributed by atoms with E-state index in [0.717, 1.165) is 55.9 Å². The topological polar surface area (TPSA) is 118 Å². The van der Waals surface area contributed by atoms with Gasteiger partial charge in [-0.05, 0) is 50.1 Å². The molecular formula is C30H32FN9O2S. The van der Waals surface area contributed by atoms with Crippen molar-refractivity contribution in [2.24, 2.45) is 5.41 Å². The summed E-state index contributed by atoms with van der Waals surface area (Å²) in [5, 5.41) is 25.6. The molecule has 3 aliphatic heterocycles. The Kier molecular flexibility index (Phi) is 6.70. The number of nitrogens with zero attached hydrogens (tertiary/aromatic N) is 9. The fourth-order valence-electron chi connectivity index (χ4n) is 6.43. The van der Waals surface area contributed by atoms with Crippen LogP contribution in [0.25, 0.3) is 22.3 Å². The van der Waals surface area contributed by atoms with Crippen molar-refractivity contribution in [1.29, 1.82) is 5.26 Å². The molecule has 3 aromatic heterocycles. The van der Waals surface area contributed by atoms with E-state index in [0.29, 0.717) is 46.5 Å². The molecule has 0 saturated carbocycles. The molecule has 3 fully saturated rings. The lowest BCUT2D eigenvalue weighted by atomic mass is 9.72. The van der Waals surface area contributed by atoms with E-state index < -0.39 is 0 Å². The number of piperidine rings is 1. The number of aliphatic hydroxyl groups is 1. The highest BCUT2D eigenvalue weighted by Crippen LogP contribution is 2.43. The monoisotopic (exact) mass is 601 g/mol. The molecule has 7 rings (SSSR count). The summed E-state index contributed by atoms with van der Waals surface area (Å²) in [5.74, 6) is 0.502. The average molecular weight is 602 g/mol. The first-order chi connectivity index (χ1) is 20.8. The van der Waals surface area contributed by atoms with Crippen LogP contribution in [-0.4, -0.2) is 93.1 Å². The summed E-state index contributed by atoms with van der Waals surface area (Å²) in [6.45, 7) is 6.85. The van der Waals surface area contributed by atoms with Gasteiger partial charge in [0.15, 0.2) is 10.8 Å². The van der Waals surface area contributed by atoms with Crippen molar-refractivity contribution >= 4 is 45.0 Å². The Bertz CT molecular complexity index is 1720. The fraction of sp³-hybridized carbons (Fsp3) is 0.433. The predicted molar refractivity (Wildman–Crippen MR) is 162 cm³/mol. The summed E-state index contributed by atoms with van der Waals surface area (Å²) < 4.78 is 15.4. The SMILES string of the molecule is CCn1nc2ncc(N3CCC4(CC3)CN(C(=O)N3CC(O)C3)C4)cc2c1N(C)c1nc(-c2ccc(F)cc2)c(C#N)s1. The van der Waals surface area contributed by atoms with Gasteiger partial charge in [0.2, 0.25) is 0 Å². The van der Waals surface area contributed by atoms with E-state index in [-0.39, 0.29) is 23.4 Å². The van der Waals surface area contributed by atoms with Crippen LogP contribution in [0.1, 0.15) is 24.6 Å². The van der Waals surface area contributed by atoms with Gasteiger partial charge in [0.05, 0.1) is 36.5 Å². The number of carbonyl (C=O) groups excluding carboxylic acids is 1. The van der Waals surface area contributed by atoms with Gasteiger partial charge in [0, 0.05) is 50.7 Å². The molecular weight excluding hydrogens is 569 g/mol. The molecule has 3 aliphatic rings. The molecule has 43 heavy (non-hydrogen) atoms. The van der Waals surface area contributed by atoms with Gasteiger partial charge in [0.1, 0.15) is 28.3 Å². The van der Waals surface area contributed by atoms with Crippen molar-refractivity contribution in [3.63, 3.8) is 0 Å². The van der Waals surface area contributed by atoms with Gasteiger partial charge < -0.3 is 24.7 Å². The van der Waals surface area contributed by atoms with Crippen LogP contribution in [0, 0.1) is 22.6 Å². The Morgan fingerprint density at radius 2 is 1.93 bits per heavy atom. The largest absolute Gasteiger partial charge is 0.389 e. The van der Waals surface area contributed by atoms with Gasteiger partial charge in [0.25, 0.3) is 0 Å². The Hall–Kier alpha value is -4.28. The summed E-state index contributed by atoms with van der Waals surface area (Å²) in [6.07, 6.45) is 3.50. The lowest BCUT2D eigenvalue weighted by Crippen LogP contribution is -2.67. The molecule has 0 aliphatic carbocycles. The number of rotatable bonds is 5. The zero-order valence-electron chi connectivity index (χ0n) is 24.1. The Balaban J connectivity index is 1.11. The van der Waals surface area contributed by atoms with Crippen LogP contribution < -0.4 is 9.80 Å². The number of β-amino-alcohol motifs (C(OH)–C–C–N with tert-alkyl or cyclic N) is 1. The number of nitriles is 1. The third kappa shape index (κ3) is 4.74. The number of aliphatic hydroxyl groups excluding tert-OH is 1. The van der Waals surface area contributed by atoms with E-state index >= 15 is 0 Å². The maximum absolute atomic E-state index is 13.5. The maximum atomic E-state index is 13.5. The number of hydrogen-bond acceptors (Lipinski definition) is 9. The molecule has 4 aromatic rings. The van der Waals surface area contributed by atoms with Crippen LogP contribution in [0.3, 0.4) is 0 Å². The number of fused-ring (bicyclic) bond motifs is 1. The molecule has 1 spiro atoms. The molecule has 3 saturated heterocycles. The van der Waals surface area contributed by atoms with Crippen LogP contribution >= 0.6 is 11.3 Å². The van der Waals surface area contributed by atoms with Crippen molar-refractivity contribution in [3.8, 4) is 17.3 Å². The second-order valence-corrected chi connectivity index (χ2v) is 12.7. The van der Waals surface area contributed by atoms with Crippen molar-refractivity contribution in [2.45, 2.75) is 32.4 Å². The first-order valence-electron chi connectivity index (χ1n) is 14.5. The van der Waals surface area contributed by atoms with E-state index in [1.807, 2.05) is 34.6 Å². The number of pyridine rings is 1. The van der Waals surface area contributed by atoms with E-state index in [9.17, 15) is 19.6 Å². The Morgan fingerprint density at radius 1 is 1.21 bits per heavy atom. The number of hydrogen-bond donors (Lipinski definition) is 1. The number of likely N-dealkylation sites (tertiary alicyclic amines) is 2. The molecule has 1 aromatic carbocycles. The van der Waals surface area contributed by atoms with E-state index in [2.05, 4.69) is 17.0 Å². The number of thiazole rings is 1. The van der Waals surface area contributed by atoms with Crippen molar-refractivity contribution in [3.05, 3.63) is 47.2 Å². The van der Waals surface area contributed by atoms with E-state index in [4.69, 9.17) is 15.1 Å². The predicted octanol–water partition coefficient (Wildman–Crippen LogP) is 4.05. The molecule has 6 heterocycles. The zero-order chi connectivity index (χ0) is 29.9. The summed E-state index contributed by atoms with van der Waals surface area (Å²) in [7, 11) is 1.92. The highest BCUT2D eigenvalue weighted by molar-refractivity contribution is 7.16. The number of carbonyl (C=O) groups is 1. The molecule has 0 unspecified atom stereocenters. The van der Waals surface area contributed by atoms with Crippen molar-refractivity contribution in [2.75, 3.05) is 56.1 Å². The zero-order valence-corrected chi connectivity index (χ0v) is 24.9. The number of anilines is 3. The second-order valence-electron chi connectivity index (χ2n) is 11.7. The summed E-state index contributed by atoms with van der Waals surface area (Å²) in [6, 6.07) is 10.4. The van der Waals surface area contributed by atoms with Crippen LogP contribution in [-0.2, 0) is 6.54 Å². The second kappa shape index (κ2) is 10.5. The number of aryl methyl sites for hydroxylation is 1. The highest BCUT2D eigenvalue weighted by Gasteiger charge is 2.48. The van der Waals surface area contributed by atoms with Crippen molar-refractivity contribution in [1.82, 2.24) is 29.5 Å². The van der Waals surface area contributed by atoms with E-state index in [1.54, 1.807) is 17.0 Å². The molecule has 1 N–H and O–H groups in total. The molecule has 2 amide bonds. The smallest absolute Gasteiger partial charge is 0.320 e.